The summed E-state index contributed by atoms with van der Waals surface area (Å²) in [5.41, 5.74) is 0.978. The average molecular weight is 369 g/mol. The van der Waals surface area contributed by atoms with Gasteiger partial charge in [0.05, 0.1) is 6.04 Å². The van der Waals surface area contributed by atoms with Crippen molar-refractivity contribution in [2.45, 2.75) is 25.3 Å². The molecule has 1 aromatic heterocycles. The SMILES string of the molecule is O=C(NC(c1ccc(F)cc1)C1CCC1)N1CCN(c2ncccn2)CC1. The van der Waals surface area contributed by atoms with Gasteiger partial charge in [0.25, 0.3) is 0 Å². The van der Waals surface area contributed by atoms with Gasteiger partial charge in [0.2, 0.25) is 5.95 Å². The Morgan fingerprint density at radius 3 is 2.33 bits per heavy atom. The highest BCUT2D eigenvalue weighted by atomic mass is 19.1. The number of benzene rings is 1. The van der Waals surface area contributed by atoms with Crippen LogP contribution in [0.5, 0.6) is 0 Å². The number of rotatable bonds is 4. The van der Waals surface area contributed by atoms with Crippen LogP contribution in [0.4, 0.5) is 15.1 Å². The second-order valence-electron chi connectivity index (χ2n) is 7.19. The minimum Gasteiger partial charge on any atom is -0.337 e. The van der Waals surface area contributed by atoms with Crippen LogP contribution in [0.3, 0.4) is 0 Å². The molecule has 27 heavy (non-hydrogen) atoms. The quantitative estimate of drug-likeness (QED) is 0.900. The summed E-state index contributed by atoms with van der Waals surface area (Å²) in [5, 5.41) is 3.19. The number of nitrogens with zero attached hydrogens (tertiary/aromatic N) is 4. The maximum atomic E-state index is 13.3. The maximum absolute atomic E-state index is 13.3. The number of aromatic nitrogens is 2. The molecule has 1 atom stereocenters. The zero-order chi connectivity index (χ0) is 18.6. The Hall–Kier alpha value is -2.70. The van der Waals surface area contributed by atoms with E-state index in [2.05, 4.69) is 20.2 Å². The van der Waals surface area contributed by atoms with Crippen LogP contribution in [0.2, 0.25) is 0 Å². The van der Waals surface area contributed by atoms with E-state index in [1.807, 2.05) is 4.90 Å². The van der Waals surface area contributed by atoms with Crippen molar-refractivity contribution in [1.82, 2.24) is 20.2 Å². The van der Waals surface area contributed by atoms with Crippen LogP contribution in [-0.4, -0.2) is 47.1 Å². The average Bonchev–Trinajstić information content (AvgIpc) is 2.67. The molecule has 0 bridgehead atoms. The fraction of sp³-hybridized carbons (Fsp3) is 0.450. The molecule has 142 valence electrons. The van der Waals surface area contributed by atoms with Crippen LogP contribution in [0.25, 0.3) is 0 Å². The number of carbonyl (C=O) groups is 1. The fourth-order valence-corrected chi connectivity index (χ4v) is 3.71. The summed E-state index contributed by atoms with van der Waals surface area (Å²) < 4.78 is 13.3. The molecular formula is C20H24FN5O. The molecule has 1 aromatic carbocycles. The van der Waals surface area contributed by atoms with Crippen molar-refractivity contribution in [1.29, 1.82) is 0 Å². The van der Waals surface area contributed by atoms with Crippen molar-refractivity contribution in [3.8, 4) is 0 Å². The van der Waals surface area contributed by atoms with Gasteiger partial charge in [-0.25, -0.2) is 19.2 Å². The van der Waals surface area contributed by atoms with Gasteiger partial charge in [-0.2, -0.15) is 0 Å². The third-order valence-corrected chi connectivity index (χ3v) is 5.53. The summed E-state index contributed by atoms with van der Waals surface area (Å²) in [6, 6.07) is 8.18. The molecule has 1 unspecified atom stereocenters. The van der Waals surface area contributed by atoms with Gasteiger partial charge in [-0.3, -0.25) is 0 Å². The molecule has 2 aliphatic rings. The second kappa shape index (κ2) is 7.90. The molecule has 2 aromatic rings. The molecule has 4 rings (SSSR count). The van der Waals surface area contributed by atoms with Gasteiger partial charge >= 0.3 is 6.03 Å². The van der Waals surface area contributed by atoms with Crippen LogP contribution in [-0.2, 0) is 0 Å². The molecule has 0 spiro atoms. The highest BCUT2D eigenvalue weighted by Crippen LogP contribution is 2.37. The Kier molecular flexibility index (Phi) is 5.18. The van der Waals surface area contributed by atoms with Gasteiger partial charge < -0.3 is 15.1 Å². The summed E-state index contributed by atoms with van der Waals surface area (Å²) in [5.74, 6) is 0.881. The van der Waals surface area contributed by atoms with Gasteiger partial charge in [-0.05, 0) is 42.5 Å². The summed E-state index contributed by atoms with van der Waals surface area (Å²) >= 11 is 0. The number of piperazine rings is 1. The van der Waals surface area contributed by atoms with Crippen LogP contribution in [0.1, 0.15) is 30.9 Å². The highest BCUT2D eigenvalue weighted by molar-refractivity contribution is 5.75. The predicted molar refractivity (Wildman–Crippen MR) is 101 cm³/mol. The van der Waals surface area contributed by atoms with Crippen molar-refractivity contribution in [3.05, 3.63) is 54.1 Å². The topological polar surface area (TPSA) is 61.4 Å². The maximum Gasteiger partial charge on any atom is 0.318 e. The third kappa shape index (κ3) is 4.02. The van der Waals surface area contributed by atoms with Gasteiger partial charge in [-0.15, -0.1) is 0 Å². The molecular weight excluding hydrogens is 345 g/mol. The van der Waals surface area contributed by atoms with Gasteiger partial charge in [0.1, 0.15) is 5.82 Å². The molecule has 1 saturated heterocycles. The van der Waals surface area contributed by atoms with Crippen molar-refractivity contribution >= 4 is 12.0 Å². The van der Waals surface area contributed by atoms with E-state index in [1.54, 1.807) is 30.6 Å². The van der Waals surface area contributed by atoms with Gasteiger partial charge in [0.15, 0.2) is 0 Å². The molecule has 1 aliphatic carbocycles. The summed E-state index contributed by atoms with van der Waals surface area (Å²) in [7, 11) is 0. The van der Waals surface area contributed by atoms with E-state index in [0.29, 0.717) is 38.0 Å². The van der Waals surface area contributed by atoms with E-state index in [0.717, 1.165) is 18.4 Å². The number of nitrogens with one attached hydrogen (secondary N) is 1. The van der Waals surface area contributed by atoms with Crippen molar-refractivity contribution in [2.75, 3.05) is 31.1 Å². The molecule has 1 aliphatic heterocycles. The Balaban J connectivity index is 1.38. The summed E-state index contributed by atoms with van der Waals surface area (Å²) in [6.45, 7) is 2.68. The largest absolute Gasteiger partial charge is 0.337 e. The first kappa shape index (κ1) is 17.7. The Morgan fingerprint density at radius 1 is 1.07 bits per heavy atom. The molecule has 2 heterocycles. The second-order valence-corrected chi connectivity index (χ2v) is 7.19. The van der Waals surface area contributed by atoms with E-state index in [9.17, 15) is 9.18 Å². The van der Waals surface area contributed by atoms with E-state index in [1.165, 1.54) is 18.6 Å². The number of carbonyl (C=O) groups excluding carboxylic acids is 1. The van der Waals surface area contributed by atoms with Crippen molar-refractivity contribution < 1.29 is 9.18 Å². The number of amides is 2. The van der Waals surface area contributed by atoms with E-state index in [-0.39, 0.29) is 17.9 Å². The lowest BCUT2D eigenvalue weighted by atomic mass is 9.77. The van der Waals surface area contributed by atoms with Crippen LogP contribution < -0.4 is 10.2 Å². The molecule has 1 saturated carbocycles. The summed E-state index contributed by atoms with van der Waals surface area (Å²) in [4.78, 5) is 25.3. The van der Waals surface area contributed by atoms with Gasteiger partial charge in [-0.1, -0.05) is 18.6 Å². The lowest BCUT2D eigenvalue weighted by Gasteiger charge is -2.38. The Bertz CT molecular complexity index is 758. The van der Waals surface area contributed by atoms with Crippen LogP contribution in [0, 0.1) is 11.7 Å². The number of halogens is 1. The zero-order valence-electron chi connectivity index (χ0n) is 15.2. The van der Waals surface area contributed by atoms with E-state index < -0.39 is 0 Å². The van der Waals surface area contributed by atoms with E-state index in [4.69, 9.17) is 0 Å². The Morgan fingerprint density at radius 2 is 1.74 bits per heavy atom. The lowest BCUT2D eigenvalue weighted by molar-refractivity contribution is 0.172. The van der Waals surface area contributed by atoms with Crippen molar-refractivity contribution in [2.24, 2.45) is 5.92 Å². The first-order valence-electron chi connectivity index (χ1n) is 9.53. The van der Waals surface area contributed by atoms with Gasteiger partial charge in [0, 0.05) is 38.6 Å². The minimum absolute atomic E-state index is 0.0511. The molecule has 1 N–H and O–H groups in total. The number of hydrogen-bond donors (Lipinski definition) is 1. The predicted octanol–water partition coefficient (Wildman–Crippen LogP) is 2.99. The van der Waals surface area contributed by atoms with Crippen molar-refractivity contribution in [3.63, 3.8) is 0 Å². The van der Waals surface area contributed by atoms with Crippen LogP contribution >= 0.6 is 0 Å². The van der Waals surface area contributed by atoms with Crippen LogP contribution in [0.15, 0.2) is 42.7 Å². The molecule has 0 radical (unpaired) electrons. The number of anilines is 1. The number of urea groups is 1. The summed E-state index contributed by atoms with van der Waals surface area (Å²) in [6.07, 6.45) is 6.84. The lowest BCUT2D eigenvalue weighted by Crippen LogP contribution is -2.53. The molecule has 2 fully saturated rings. The monoisotopic (exact) mass is 369 g/mol. The zero-order valence-corrected chi connectivity index (χ0v) is 15.2. The smallest absolute Gasteiger partial charge is 0.318 e. The molecule has 6 nitrogen and oxygen atoms in total. The first-order valence-corrected chi connectivity index (χ1v) is 9.53. The fourth-order valence-electron chi connectivity index (χ4n) is 3.71. The normalized spacial score (nSPS) is 18.7. The number of hydrogen-bond acceptors (Lipinski definition) is 4. The molecule has 7 heteroatoms. The first-order chi connectivity index (χ1) is 13.2. The van der Waals surface area contributed by atoms with E-state index >= 15 is 0 Å². The highest BCUT2D eigenvalue weighted by Gasteiger charge is 2.32. The minimum atomic E-state index is -0.253. The standard InChI is InChI=1S/C20H24FN5O/c21-17-7-5-16(6-8-17)18(15-3-1-4-15)24-20(27)26-13-11-25(12-14-26)19-22-9-2-10-23-19/h2,5-10,15,18H,1,3-4,11-14H2,(H,24,27). The third-order valence-electron chi connectivity index (χ3n) is 5.53. The Labute approximate surface area is 158 Å². The molecule has 2 amide bonds.